The highest BCUT2D eigenvalue weighted by Crippen LogP contribution is 2.34. The van der Waals surface area contributed by atoms with Crippen LogP contribution >= 0.6 is 0 Å². The fourth-order valence-corrected chi connectivity index (χ4v) is 4.48. The Labute approximate surface area is 132 Å². The molecule has 0 aromatic carbocycles. The van der Waals surface area contributed by atoms with Gasteiger partial charge < -0.3 is 10.2 Å². The van der Waals surface area contributed by atoms with E-state index in [1.807, 2.05) is 0 Å². The van der Waals surface area contributed by atoms with Crippen LogP contribution in [0, 0.1) is 11.8 Å². The second-order valence-electron chi connectivity index (χ2n) is 7.61. The molecule has 1 N–H and O–H groups in total. The predicted octanol–water partition coefficient (Wildman–Crippen LogP) is 2.82. The highest BCUT2D eigenvalue weighted by Gasteiger charge is 2.36. The summed E-state index contributed by atoms with van der Waals surface area (Å²) < 4.78 is 0. The summed E-state index contributed by atoms with van der Waals surface area (Å²) in [7, 11) is 4.55. The summed E-state index contributed by atoms with van der Waals surface area (Å²) >= 11 is 0. The molecule has 0 amide bonds. The van der Waals surface area contributed by atoms with E-state index in [1.165, 1.54) is 51.7 Å². The van der Waals surface area contributed by atoms with Crippen molar-refractivity contribution in [2.45, 2.75) is 71.0 Å². The molecule has 2 rings (SSSR count). The van der Waals surface area contributed by atoms with Crippen LogP contribution in [0.1, 0.15) is 52.9 Å². The van der Waals surface area contributed by atoms with Crippen molar-refractivity contribution in [2.75, 3.05) is 33.7 Å². The van der Waals surface area contributed by atoms with Crippen molar-refractivity contribution >= 4 is 0 Å². The minimum absolute atomic E-state index is 0.689. The van der Waals surface area contributed by atoms with Gasteiger partial charge in [-0.05, 0) is 77.7 Å². The lowest BCUT2D eigenvalue weighted by Gasteiger charge is -2.47. The van der Waals surface area contributed by atoms with Crippen LogP contribution in [0.25, 0.3) is 0 Å². The molecule has 1 heterocycles. The molecule has 3 unspecified atom stereocenters. The number of likely N-dealkylation sites (tertiary alicyclic amines) is 1. The van der Waals surface area contributed by atoms with Crippen LogP contribution in [0.15, 0.2) is 0 Å². The van der Waals surface area contributed by atoms with E-state index in [0.29, 0.717) is 6.04 Å². The Balaban J connectivity index is 1.96. The van der Waals surface area contributed by atoms with Crippen molar-refractivity contribution in [1.29, 1.82) is 0 Å². The maximum atomic E-state index is 3.60. The minimum Gasteiger partial charge on any atom is -0.315 e. The fourth-order valence-electron chi connectivity index (χ4n) is 4.48. The van der Waals surface area contributed by atoms with Gasteiger partial charge in [0.05, 0.1) is 0 Å². The summed E-state index contributed by atoms with van der Waals surface area (Å²) in [4.78, 5) is 5.33. The summed E-state index contributed by atoms with van der Waals surface area (Å²) in [6, 6.07) is 2.21. The molecule has 3 heteroatoms. The first-order valence-corrected chi connectivity index (χ1v) is 9.18. The van der Waals surface area contributed by atoms with Gasteiger partial charge in [0.1, 0.15) is 0 Å². The van der Waals surface area contributed by atoms with Gasteiger partial charge in [0.2, 0.25) is 0 Å². The summed E-state index contributed by atoms with van der Waals surface area (Å²) in [5, 5.41) is 3.60. The lowest BCUT2D eigenvalue weighted by molar-refractivity contribution is 0.0451. The number of nitrogens with zero attached hydrogens (tertiary/aromatic N) is 2. The van der Waals surface area contributed by atoms with Crippen molar-refractivity contribution in [2.24, 2.45) is 11.8 Å². The van der Waals surface area contributed by atoms with Gasteiger partial charge in [0, 0.05) is 18.1 Å². The van der Waals surface area contributed by atoms with Crippen molar-refractivity contribution in [3.05, 3.63) is 0 Å². The maximum Gasteiger partial charge on any atom is 0.0251 e. The summed E-state index contributed by atoms with van der Waals surface area (Å²) in [6.07, 6.45) is 6.84. The van der Waals surface area contributed by atoms with Gasteiger partial charge in [0.25, 0.3) is 0 Å². The molecule has 1 aliphatic heterocycles. The molecule has 0 bridgehead atoms. The number of nitrogens with one attached hydrogen (secondary N) is 1. The molecule has 0 radical (unpaired) electrons. The Morgan fingerprint density at radius 1 is 1.14 bits per heavy atom. The van der Waals surface area contributed by atoms with Crippen LogP contribution < -0.4 is 5.32 Å². The van der Waals surface area contributed by atoms with Gasteiger partial charge in [-0.2, -0.15) is 0 Å². The third-order valence-electron chi connectivity index (χ3n) is 6.27. The Bertz CT molecular complexity index is 297. The first kappa shape index (κ1) is 17.2. The zero-order valence-corrected chi connectivity index (χ0v) is 14.9. The molecule has 1 aliphatic carbocycles. The van der Waals surface area contributed by atoms with Crippen molar-refractivity contribution in [1.82, 2.24) is 15.1 Å². The molecule has 0 aromatic rings. The molecular formula is C18H37N3. The van der Waals surface area contributed by atoms with Gasteiger partial charge in [-0.15, -0.1) is 0 Å². The summed E-state index contributed by atoms with van der Waals surface area (Å²) in [6.45, 7) is 10.9. The number of hydrogen-bond acceptors (Lipinski definition) is 3. The molecular weight excluding hydrogens is 258 g/mol. The van der Waals surface area contributed by atoms with Crippen molar-refractivity contribution in [3.63, 3.8) is 0 Å². The number of rotatable bonds is 5. The van der Waals surface area contributed by atoms with Crippen LogP contribution in [0.4, 0.5) is 0 Å². The van der Waals surface area contributed by atoms with E-state index in [4.69, 9.17) is 0 Å². The number of likely N-dealkylation sites (N-methyl/N-ethyl adjacent to an activating group) is 2. The molecule has 124 valence electrons. The molecule has 2 aliphatic rings. The topological polar surface area (TPSA) is 18.5 Å². The average Bonchev–Trinajstić information content (AvgIpc) is 2.53. The highest BCUT2D eigenvalue weighted by molar-refractivity contribution is 4.93. The van der Waals surface area contributed by atoms with E-state index in [2.05, 4.69) is 50.0 Å². The van der Waals surface area contributed by atoms with Crippen LogP contribution in [0.2, 0.25) is 0 Å². The Hall–Kier alpha value is -0.120. The van der Waals surface area contributed by atoms with E-state index >= 15 is 0 Å². The first-order chi connectivity index (χ1) is 10.1. The quantitative estimate of drug-likeness (QED) is 0.841. The molecule has 3 atom stereocenters. The Morgan fingerprint density at radius 2 is 1.81 bits per heavy atom. The highest BCUT2D eigenvalue weighted by atomic mass is 15.2. The average molecular weight is 296 g/mol. The zero-order valence-electron chi connectivity index (χ0n) is 14.9. The normalized spacial score (nSPS) is 33.0. The molecule has 0 aromatic heterocycles. The molecule has 1 saturated carbocycles. The van der Waals surface area contributed by atoms with Crippen LogP contribution in [-0.2, 0) is 0 Å². The van der Waals surface area contributed by atoms with Gasteiger partial charge in [-0.3, -0.25) is 4.90 Å². The predicted molar refractivity (Wildman–Crippen MR) is 91.7 cm³/mol. The molecule has 1 saturated heterocycles. The molecule has 0 spiro atoms. The Morgan fingerprint density at radius 3 is 2.33 bits per heavy atom. The van der Waals surface area contributed by atoms with Crippen molar-refractivity contribution < 1.29 is 0 Å². The van der Waals surface area contributed by atoms with E-state index in [1.54, 1.807) is 0 Å². The van der Waals surface area contributed by atoms with Gasteiger partial charge >= 0.3 is 0 Å². The largest absolute Gasteiger partial charge is 0.315 e. The molecule has 3 nitrogen and oxygen atoms in total. The van der Waals surface area contributed by atoms with E-state index in [-0.39, 0.29) is 0 Å². The standard InChI is InChI=1S/C18H37N3/c1-6-21-11-9-16(10-12-21)20(5)18-13-15(14(2)3)7-8-17(18)19-4/h14-19H,6-13H2,1-5H3. The zero-order chi connectivity index (χ0) is 15.4. The van der Waals surface area contributed by atoms with Crippen LogP contribution in [0.3, 0.4) is 0 Å². The van der Waals surface area contributed by atoms with Gasteiger partial charge in [-0.1, -0.05) is 20.8 Å². The van der Waals surface area contributed by atoms with E-state index in [9.17, 15) is 0 Å². The van der Waals surface area contributed by atoms with Gasteiger partial charge in [0.15, 0.2) is 0 Å². The lowest BCUT2D eigenvalue weighted by atomic mass is 9.76. The van der Waals surface area contributed by atoms with Crippen LogP contribution in [-0.4, -0.2) is 61.7 Å². The maximum absolute atomic E-state index is 3.60. The van der Waals surface area contributed by atoms with Gasteiger partial charge in [-0.25, -0.2) is 0 Å². The fraction of sp³-hybridized carbons (Fsp3) is 1.00. The smallest absolute Gasteiger partial charge is 0.0251 e. The van der Waals surface area contributed by atoms with E-state index < -0.39 is 0 Å². The number of hydrogen-bond donors (Lipinski definition) is 1. The third kappa shape index (κ3) is 4.20. The lowest BCUT2D eigenvalue weighted by Crippen LogP contribution is -2.56. The molecule has 2 fully saturated rings. The molecule has 21 heavy (non-hydrogen) atoms. The second-order valence-corrected chi connectivity index (χ2v) is 7.61. The minimum atomic E-state index is 0.689. The first-order valence-electron chi connectivity index (χ1n) is 9.18. The monoisotopic (exact) mass is 295 g/mol. The third-order valence-corrected chi connectivity index (χ3v) is 6.27. The number of piperidine rings is 1. The summed E-state index contributed by atoms with van der Waals surface area (Å²) in [5.41, 5.74) is 0. The van der Waals surface area contributed by atoms with Crippen molar-refractivity contribution in [3.8, 4) is 0 Å². The SMILES string of the molecule is CCN1CCC(N(C)C2CC(C(C)C)CCC2NC)CC1. The summed E-state index contributed by atoms with van der Waals surface area (Å²) in [5.74, 6) is 1.75. The second kappa shape index (κ2) is 7.94. The van der Waals surface area contributed by atoms with E-state index in [0.717, 1.165) is 23.9 Å². The van der Waals surface area contributed by atoms with Crippen LogP contribution in [0.5, 0.6) is 0 Å². The Kier molecular flexibility index (Phi) is 6.51.